The maximum Gasteiger partial charge on any atom is 0.269 e. The van der Waals surface area contributed by atoms with E-state index < -0.39 is 23.3 Å². The summed E-state index contributed by atoms with van der Waals surface area (Å²) in [7, 11) is -6.55. The zero-order valence-corrected chi connectivity index (χ0v) is 24.1. The monoisotopic (exact) mass is 540 g/mol. The van der Waals surface area contributed by atoms with E-state index in [0.717, 1.165) is 22.0 Å². The van der Waals surface area contributed by atoms with Gasteiger partial charge < -0.3 is 4.43 Å². The molecule has 2 aromatic rings. The second-order valence-corrected chi connectivity index (χ2v) is 17.0. The summed E-state index contributed by atoms with van der Waals surface area (Å²) in [5.41, 5.74) is 1.51. The lowest BCUT2D eigenvalue weighted by molar-refractivity contribution is -0.384. The van der Waals surface area contributed by atoms with E-state index in [-0.39, 0.29) is 33.8 Å². The van der Waals surface area contributed by atoms with E-state index in [9.17, 15) is 18.5 Å². The van der Waals surface area contributed by atoms with Crippen LogP contribution in [0.4, 0.5) is 5.69 Å². The van der Waals surface area contributed by atoms with Crippen LogP contribution < -0.4 is 0 Å². The molecule has 37 heavy (non-hydrogen) atoms. The highest BCUT2D eigenvalue weighted by Crippen LogP contribution is 2.44. The van der Waals surface area contributed by atoms with Crippen molar-refractivity contribution in [3.63, 3.8) is 0 Å². The Balaban J connectivity index is 2.66. The van der Waals surface area contributed by atoms with Crippen LogP contribution in [0.2, 0.25) is 16.6 Å². The largest absolute Gasteiger partial charge is 0.542 e. The highest BCUT2D eigenvalue weighted by Gasteiger charge is 2.47. The van der Waals surface area contributed by atoms with Crippen LogP contribution >= 0.6 is 0 Å². The number of terminal acetylenes is 1. The first-order valence-electron chi connectivity index (χ1n) is 12.2. The number of allylic oxidation sites excluding steroid dienone is 1. The molecule has 0 bridgehead atoms. The highest BCUT2D eigenvalue weighted by molar-refractivity contribution is 7.89. The molecule has 0 aromatic heterocycles. The summed E-state index contributed by atoms with van der Waals surface area (Å²) in [6, 6.07) is 14.4. The minimum Gasteiger partial charge on any atom is -0.542 e. The fraction of sp³-hybridized carbons (Fsp3) is 0.357. The second-order valence-electron chi connectivity index (χ2n) is 9.70. The lowest BCUT2D eigenvalue weighted by Gasteiger charge is -2.42. The molecular weight excluding hydrogens is 504 g/mol. The SMILES string of the molecule is C#CCN(/C=C(\C=C\c1ccccc1)O[Si](C(C)C)(C(C)C)C(C)C)S(=O)(=O)c1ccc([N+](=O)[O-])cc1. The van der Waals surface area contributed by atoms with Crippen LogP contribution in [0.25, 0.3) is 6.08 Å². The number of hydrogen-bond donors (Lipinski definition) is 0. The smallest absolute Gasteiger partial charge is 0.269 e. The van der Waals surface area contributed by atoms with E-state index in [1.807, 2.05) is 36.4 Å². The number of nitro benzene ring substituents is 1. The van der Waals surface area contributed by atoms with Gasteiger partial charge in [-0.1, -0.05) is 83.9 Å². The molecule has 0 heterocycles. The third-order valence-electron chi connectivity index (χ3n) is 6.41. The quantitative estimate of drug-likeness (QED) is 0.0724. The topological polar surface area (TPSA) is 89.8 Å². The lowest BCUT2D eigenvalue weighted by Crippen LogP contribution is -2.47. The van der Waals surface area contributed by atoms with Gasteiger partial charge in [-0.05, 0) is 40.4 Å². The molecular formula is C28H36N2O5SSi. The van der Waals surface area contributed by atoms with Crippen molar-refractivity contribution >= 4 is 30.1 Å². The van der Waals surface area contributed by atoms with Crippen molar-refractivity contribution < 1.29 is 17.8 Å². The van der Waals surface area contributed by atoms with Crippen LogP contribution in [0.5, 0.6) is 0 Å². The fourth-order valence-electron chi connectivity index (χ4n) is 4.71. The summed E-state index contributed by atoms with van der Waals surface area (Å²) in [5.74, 6) is 2.80. The molecule has 9 heteroatoms. The summed E-state index contributed by atoms with van der Waals surface area (Å²) in [6.07, 6.45) is 10.6. The Bertz CT molecular complexity index is 1240. The van der Waals surface area contributed by atoms with Crippen LogP contribution in [0.1, 0.15) is 47.1 Å². The standard InChI is InChI=1S/C28H36N2O5SSi/c1-8-20-29(36(33,34)28-18-15-26(16-19-28)30(31)32)21-27(17-14-25-12-10-9-11-13-25)35-37(22(2)3,23(4)5)24(6)7/h1,9-19,21-24H,20H2,2-7H3/b17-14+,27-21+. The third-order valence-corrected chi connectivity index (χ3v) is 14.1. The molecule has 0 aliphatic heterocycles. The maximum atomic E-state index is 13.5. The molecule has 2 rings (SSSR count). The number of rotatable bonds is 12. The van der Waals surface area contributed by atoms with Gasteiger partial charge in [-0.2, -0.15) is 0 Å². The normalized spacial score (nSPS) is 12.8. The minimum absolute atomic E-state index is 0.101. The summed E-state index contributed by atoms with van der Waals surface area (Å²) >= 11 is 0. The van der Waals surface area contributed by atoms with Gasteiger partial charge in [0, 0.05) is 12.1 Å². The molecule has 0 saturated carbocycles. The summed E-state index contributed by atoms with van der Waals surface area (Å²) in [5, 5.41) is 11.0. The van der Waals surface area contributed by atoms with Crippen molar-refractivity contribution in [2.45, 2.75) is 63.1 Å². The van der Waals surface area contributed by atoms with Crippen molar-refractivity contribution in [2.24, 2.45) is 0 Å². The molecule has 0 aliphatic rings. The first-order chi connectivity index (χ1) is 17.4. The van der Waals surface area contributed by atoms with Crippen LogP contribution in [0.15, 0.2) is 77.5 Å². The minimum atomic E-state index is -4.11. The zero-order chi connectivity index (χ0) is 27.8. The van der Waals surface area contributed by atoms with Crippen molar-refractivity contribution in [3.8, 4) is 12.3 Å². The molecule has 0 spiro atoms. The van der Waals surface area contributed by atoms with Crippen molar-refractivity contribution in [3.05, 3.63) is 88.3 Å². The average molecular weight is 541 g/mol. The van der Waals surface area contributed by atoms with Crippen LogP contribution in [-0.2, 0) is 14.4 Å². The first-order valence-corrected chi connectivity index (χ1v) is 15.8. The molecule has 0 saturated heterocycles. The van der Waals surface area contributed by atoms with E-state index >= 15 is 0 Å². The first kappa shape index (κ1) is 29.9. The molecule has 0 amide bonds. The number of hydrogen-bond acceptors (Lipinski definition) is 5. The van der Waals surface area contributed by atoms with E-state index in [1.54, 1.807) is 6.08 Å². The van der Waals surface area contributed by atoms with Gasteiger partial charge in [0.1, 0.15) is 5.76 Å². The number of nitro groups is 1. The van der Waals surface area contributed by atoms with E-state index in [4.69, 9.17) is 10.8 Å². The van der Waals surface area contributed by atoms with Gasteiger partial charge in [0.15, 0.2) is 0 Å². The van der Waals surface area contributed by atoms with Crippen LogP contribution in [-0.4, -0.2) is 32.5 Å². The predicted octanol–water partition coefficient (Wildman–Crippen LogP) is 6.97. The van der Waals surface area contributed by atoms with E-state index in [2.05, 4.69) is 47.5 Å². The Labute approximate surface area is 222 Å². The summed E-state index contributed by atoms with van der Waals surface area (Å²) < 4.78 is 35.0. The van der Waals surface area contributed by atoms with Gasteiger partial charge >= 0.3 is 0 Å². The molecule has 0 N–H and O–H groups in total. The van der Waals surface area contributed by atoms with Gasteiger partial charge in [-0.15, -0.1) is 6.42 Å². The zero-order valence-electron chi connectivity index (χ0n) is 22.3. The summed E-state index contributed by atoms with van der Waals surface area (Å²) in [6.45, 7) is 12.7. The third kappa shape index (κ3) is 7.12. The lowest BCUT2D eigenvalue weighted by atomic mass is 10.2. The van der Waals surface area contributed by atoms with E-state index in [0.29, 0.717) is 5.76 Å². The Kier molecular flexibility index (Phi) is 10.3. The number of non-ortho nitro benzene ring substituents is 1. The Morgan fingerprint density at radius 1 is 1.03 bits per heavy atom. The van der Waals surface area contributed by atoms with Crippen molar-refractivity contribution in [1.82, 2.24) is 4.31 Å². The van der Waals surface area contributed by atoms with Gasteiger partial charge in [0.2, 0.25) is 0 Å². The number of nitrogens with zero attached hydrogens (tertiary/aromatic N) is 2. The molecule has 0 atom stereocenters. The van der Waals surface area contributed by atoms with Crippen LogP contribution in [0, 0.1) is 22.5 Å². The van der Waals surface area contributed by atoms with E-state index in [1.165, 1.54) is 18.3 Å². The number of benzene rings is 2. The van der Waals surface area contributed by atoms with Gasteiger partial charge in [0.25, 0.3) is 24.0 Å². The maximum absolute atomic E-state index is 13.5. The molecule has 0 fully saturated rings. The number of sulfonamides is 1. The fourth-order valence-corrected chi connectivity index (χ4v) is 11.2. The summed E-state index contributed by atoms with van der Waals surface area (Å²) in [4.78, 5) is 10.3. The molecule has 0 unspecified atom stereocenters. The Morgan fingerprint density at radius 2 is 1.57 bits per heavy atom. The van der Waals surface area contributed by atoms with Gasteiger partial charge in [-0.25, -0.2) is 8.42 Å². The molecule has 2 aromatic carbocycles. The van der Waals surface area contributed by atoms with Gasteiger partial charge in [-0.3, -0.25) is 14.4 Å². The Morgan fingerprint density at radius 3 is 2.03 bits per heavy atom. The van der Waals surface area contributed by atoms with Crippen molar-refractivity contribution in [1.29, 1.82) is 0 Å². The predicted molar refractivity (Wildman–Crippen MR) is 152 cm³/mol. The Hall–Kier alpha value is -3.35. The van der Waals surface area contributed by atoms with Crippen molar-refractivity contribution in [2.75, 3.05) is 6.54 Å². The molecule has 0 radical (unpaired) electrons. The highest BCUT2D eigenvalue weighted by atomic mass is 32.2. The molecule has 198 valence electrons. The van der Waals surface area contributed by atoms with Gasteiger partial charge in [0.05, 0.1) is 22.6 Å². The molecule has 0 aliphatic carbocycles. The van der Waals surface area contributed by atoms with Crippen LogP contribution in [0.3, 0.4) is 0 Å². The average Bonchev–Trinajstić information content (AvgIpc) is 2.85. The second kappa shape index (κ2) is 12.7. The molecule has 7 nitrogen and oxygen atoms in total.